The van der Waals surface area contributed by atoms with Gasteiger partial charge in [-0.15, -0.1) is 0 Å². The molecule has 0 saturated heterocycles. The summed E-state index contributed by atoms with van der Waals surface area (Å²) in [5, 5.41) is 29.5. The van der Waals surface area contributed by atoms with Gasteiger partial charge in [0.05, 0.1) is 10.2 Å². The Balaban J connectivity index is -0.0000000526. The van der Waals surface area contributed by atoms with Gasteiger partial charge < -0.3 is 53.1 Å². The van der Waals surface area contributed by atoms with Gasteiger partial charge in [0.25, 0.3) is 0 Å². The Morgan fingerprint density at radius 1 is 0.789 bits per heavy atom. The first kappa shape index (κ1) is 30.7. The number of nitrogens with zero attached hydrogens (tertiary/aromatic N) is 2. The van der Waals surface area contributed by atoms with Crippen molar-refractivity contribution in [2.45, 2.75) is 37.8 Å². The molecule has 0 radical (unpaired) electrons. The van der Waals surface area contributed by atoms with E-state index < -0.39 is 10.2 Å². The smallest absolute Gasteiger partial charge is 0.676 e. The van der Waals surface area contributed by atoms with Crippen LogP contribution in [0.5, 0.6) is 0 Å². The van der Waals surface area contributed by atoms with Gasteiger partial charge in [0.1, 0.15) is 0 Å². The third-order valence-corrected chi connectivity index (χ3v) is 1.77. The van der Waals surface area contributed by atoms with Crippen molar-refractivity contribution in [1.82, 2.24) is 0 Å². The Hall–Kier alpha value is -1.07. The number of nitrogens with one attached hydrogen (secondary N) is 2. The summed E-state index contributed by atoms with van der Waals surface area (Å²) in [7, 11) is 0. The molecule has 0 aromatic carbocycles. The molecule has 0 heterocycles. The molecule has 6 N–H and O–H groups in total. The maximum absolute atomic E-state index is 8.25. The van der Waals surface area contributed by atoms with Crippen molar-refractivity contribution in [3.05, 3.63) is 42.1 Å². The zero-order valence-corrected chi connectivity index (χ0v) is 11.9. The van der Waals surface area contributed by atoms with Crippen LogP contribution >= 0.6 is 0 Å². The average Bonchev–Trinajstić information content (AvgIpc) is 2.08. The average molecular weight is 467 g/mol. The second-order valence-corrected chi connectivity index (χ2v) is 2.94. The van der Waals surface area contributed by atoms with Crippen LogP contribution in [0.4, 0.5) is 0 Å². The van der Waals surface area contributed by atoms with Crippen LogP contribution in [0.1, 0.15) is 25.7 Å². The number of rotatable bonds is 0. The molecule has 2 unspecified atom stereocenters. The minimum Gasteiger partial charge on any atom is -0.676 e. The molecule has 19 heavy (non-hydrogen) atoms. The van der Waals surface area contributed by atoms with Crippen molar-refractivity contribution in [3.63, 3.8) is 0 Å². The van der Waals surface area contributed by atoms with Crippen molar-refractivity contribution in [2.24, 2.45) is 0 Å². The minimum absolute atomic E-state index is 0. The van der Waals surface area contributed by atoms with Crippen molar-refractivity contribution in [3.8, 4) is 0 Å². The van der Waals surface area contributed by atoms with Crippen molar-refractivity contribution in [2.75, 3.05) is 0 Å². The Morgan fingerprint density at radius 3 is 1.05 bits per heavy atom. The molecular weight excluding hydrogens is 451 g/mol. The molecule has 0 spiro atoms. The molecule has 1 rings (SSSR count). The first-order valence-corrected chi connectivity index (χ1v) is 4.32. The molecular formula is C6H16N4O8Pt. The molecule has 0 aromatic rings. The van der Waals surface area contributed by atoms with Crippen LogP contribution in [0, 0.1) is 30.6 Å². The van der Waals surface area contributed by atoms with Gasteiger partial charge in [0.2, 0.25) is 0 Å². The molecule has 1 saturated carbocycles. The summed E-state index contributed by atoms with van der Waals surface area (Å²) in [5.74, 6) is 0. The van der Waals surface area contributed by atoms with Crippen LogP contribution in [-0.2, 0) is 21.1 Å². The molecule has 0 amide bonds. The van der Waals surface area contributed by atoms with E-state index in [0.29, 0.717) is 0 Å². The second-order valence-electron chi connectivity index (χ2n) is 2.94. The van der Waals surface area contributed by atoms with Gasteiger partial charge in [-0.3, -0.25) is 0 Å². The Morgan fingerprint density at radius 2 is 0.947 bits per heavy atom. The summed E-state index contributed by atoms with van der Waals surface area (Å²) < 4.78 is 0. The molecule has 0 bridgehead atoms. The Labute approximate surface area is 122 Å². The molecule has 1 aliphatic rings. The topological polar surface area (TPSA) is 243 Å². The maximum Gasteiger partial charge on any atom is 4.00 e. The van der Waals surface area contributed by atoms with E-state index in [9.17, 15) is 0 Å². The summed E-state index contributed by atoms with van der Waals surface area (Å²) in [6.07, 6.45) is 4.25. The van der Waals surface area contributed by atoms with Gasteiger partial charge in [0.15, 0.2) is 0 Å². The van der Waals surface area contributed by atoms with Gasteiger partial charge in [-0.1, -0.05) is 25.7 Å². The van der Waals surface area contributed by atoms with E-state index in [1.165, 1.54) is 12.8 Å². The van der Waals surface area contributed by atoms with Crippen LogP contribution in [0.2, 0.25) is 0 Å². The van der Waals surface area contributed by atoms with Gasteiger partial charge >= 0.3 is 21.1 Å². The third-order valence-electron chi connectivity index (χ3n) is 1.77. The molecule has 2 atom stereocenters. The molecule has 118 valence electrons. The maximum atomic E-state index is 8.25. The zero-order chi connectivity index (χ0) is 13.1. The van der Waals surface area contributed by atoms with E-state index in [-0.39, 0.29) is 44.1 Å². The summed E-state index contributed by atoms with van der Waals surface area (Å²) in [4.78, 5) is 16.5. The fourth-order valence-electron chi connectivity index (χ4n) is 1.13. The minimum atomic E-state index is -1.75. The zero-order valence-electron chi connectivity index (χ0n) is 9.64. The van der Waals surface area contributed by atoms with E-state index >= 15 is 0 Å². The van der Waals surface area contributed by atoms with Crippen LogP contribution < -0.4 is 0 Å². The SMILES string of the molecule is O.O.O=[N+]([O-])[O-].O=[N+]([O-])[O-].[NH-]C1CCCCC1[NH-].[Pt+4]. The van der Waals surface area contributed by atoms with Crippen LogP contribution in [0.3, 0.4) is 0 Å². The van der Waals surface area contributed by atoms with Crippen molar-refractivity contribution in [1.29, 1.82) is 0 Å². The fourth-order valence-corrected chi connectivity index (χ4v) is 1.13. The van der Waals surface area contributed by atoms with E-state index in [4.69, 9.17) is 42.1 Å². The van der Waals surface area contributed by atoms with E-state index in [1.54, 1.807) is 0 Å². The van der Waals surface area contributed by atoms with E-state index in [1.807, 2.05) is 0 Å². The standard InChI is InChI=1S/C6H12N2.2NO3.2H2O.Pt/c7-5-3-1-2-4-6(5)8;2*2-1(3)4;;;/h5-8H,1-4H2;;;2*1H2;/q-2;2*-1;;;+4. The van der Waals surface area contributed by atoms with Gasteiger partial charge in [-0.25, -0.2) is 0 Å². The summed E-state index contributed by atoms with van der Waals surface area (Å²) in [5.41, 5.74) is 14.6. The molecule has 1 fully saturated rings. The molecule has 0 aliphatic heterocycles. The normalized spacial score (nSPS) is 19.3. The third kappa shape index (κ3) is 38.3. The van der Waals surface area contributed by atoms with Crippen LogP contribution in [0.15, 0.2) is 0 Å². The van der Waals surface area contributed by atoms with Gasteiger partial charge in [0, 0.05) is 0 Å². The van der Waals surface area contributed by atoms with E-state index in [0.717, 1.165) is 12.8 Å². The van der Waals surface area contributed by atoms with Gasteiger partial charge in [-0.2, -0.15) is 12.1 Å². The van der Waals surface area contributed by atoms with Crippen LogP contribution in [-0.4, -0.2) is 33.2 Å². The predicted octanol–water partition coefficient (Wildman–Crippen LogP) is 0.272. The molecule has 1 aliphatic carbocycles. The summed E-state index contributed by atoms with van der Waals surface area (Å²) in [6.45, 7) is 0. The number of hydrogen-bond acceptors (Lipinski definition) is 6. The Bertz CT molecular complexity index is 191. The summed E-state index contributed by atoms with van der Waals surface area (Å²) in [6, 6.07) is -0.160. The van der Waals surface area contributed by atoms with Crippen molar-refractivity contribution >= 4 is 0 Å². The van der Waals surface area contributed by atoms with Crippen molar-refractivity contribution < 1.29 is 42.2 Å². The fraction of sp³-hybridized carbons (Fsp3) is 1.00. The van der Waals surface area contributed by atoms with Crippen LogP contribution in [0.25, 0.3) is 11.5 Å². The largest absolute Gasteiger partial charge is 4.00 e. The second kappa shape index (κ2) is 19.3. The Kier molecular flexibility index (Phi) is 31.2. The summed E-state index contributed by atoms with van der Waals surface area (Å²) >= 11 is 0. The monoisotopic (exact) mass is 467 g/mol. The molecule has 12 nitrogen and oxygen atoms in total. The van der Waals surface area contributed by atoms with E-state index in [2.05, 4.69) is 0 Å². The quantitative estimate of drug-likeness (QED) is 0.357. The first-order valence-electron chi connectivity index (χ1n) is 4.32. The number of hydrogen-bond donors (Lipinski definition) is 0. The molecule has 13 heteroatoms. The first-order chi connectivity index (χ1) is 7.27. The molecule has 0 aromatic heterocycles. The van der Waals surface area contributed by atoms with Gasteiger partial charge in [-0.05, 0) is 0 Å². The predicted molar refractivity (Wildman–Crippen MR) is 62.6 cm³/mol.